The highest BCUT2D eigenvalue weighted by atomic mass is 35.5. The number of fused-ring (bicyclic) bond motifs is 3. The van der Waals surface area contributed by atoms with Crippen LogP contribution >= 0.6 is 22.9 Å². The Labute approximate surface area is 126 Å². The molecule has 0 aliphatic carbocycles. The molecule has 1 heterocycles. The van der Waals surface area contributed by atoms with Crippen LogP contribution in [0, 0.1) is 0 Å². The summed E-state index contributed by atoms with van der Waals surface area (Å²) in [6.45, 7) is 0. The molecule has 0 spiro atoms. The van der Waals surface area contributed by atoms with Crippen LogP contribution in [0.5, 0.6) is 0 Å². The van der Waals surface area contributed by atoms with Crippen molar-refractivity contribution in [1.29, 1.82) is 0 Å². The van der Waals surface area contributed by atoms with E-state index >= 15 is 0 Å². The van der Waals surface area contributed by atoms with Crippen molar-refractivity contribution in [2.45, 2.75) is 0 Å². The number of rotatable bonds is 1. The Kier molecular flexibility index (Phi) is 2.76. The highest BCUT2D eigenvalue weighted by molar-refractivity contribution is 7.26. The smallest absolute Gasteiger partial charge is 0.0426 e. The van der Waals surface area contributed by atoms with Crippen LogP contribution in [0.25, 0.3) is 31.3 Å². The predicted molar refractivity (Wildman–Crippen MR) is 89.8 cm³/mol. The molecule has 20 heavy (non-hydrogen) atoms. The minimum Gasteiger partial charge on any atom is -0.135 e. The lowest BCUT2D eigenvalue weighted by atomic mass is 10.00. The van der Waals surface area contributed by atoms with Gasteiger partial charge < -0.3 is 0 Å². The summed E-state index contributed by atoms with van der Waals surface area (Å²) in [7, 11) is 0. The molecular formula is C18H11ClS. The molecule has 0 N–H and O–H groups in total. The monoisotopic (exact) mass is 294 g/mol. The highest BCUT2D eigenvalue weighted by Crippen LogP contribution is 2.41. The predicted octanol–water partition coefficient (Wildman–Crippen LogP) is 6.37. The van der Waals surface area contributed by atoms with Crippen LogP contribution in [0.3, 0.4) is 0 Å². The molecule has 0 fully saturated rings. The molecule has 0 aliphatic heterocycles. The normalized spacial score (nSPS) is 11.2. The maximum atomic E-state index is 6.31. The first-order valence-electron chi connectivity index (χ1n) is 6.49. The molecule has 0 atom stereocenters. The number of halogens is 1. The fourth-order valence-corrected chi connectivity index (χ4v) is 4.12. The Morgan fingerprint density at radius 3 is 2.35 bits per heavy atom. The van der Waals surface area contributed by atoms with Gasteiger partial charge in [-0.1, -0.05) is 60.1 Å². The average Bonchev–Trinajstić information content (AvgIpc) is 2.85. The lowest BCUT2D eigenvalue weighted by Crippen LogP contribution is -1.79. The molecule has 1 aromatic heterocycles. The average molecular weight is 295 g/mol. The van der Waals surface area contributed by atoms with Gasteiger partial charge in [-0.05, 0) is 29.3 Å². The number of hydrogen-bond acceptors (Lipinski definition) is 1. The molecule has 0 bridgehead atoms. The molecule has 0 saturated carbocycles. The Morgan fingerprint density at radius 1 is 0.750 bits per heavy atom. The third-order valence-corrected chi connectivity index (χ3v) is 4.86. The van der Waals surface area contributed by atoms with Gasteiger partial charge in [0.05, 0.1) is 0 Å². The Bertz CT molecular complexity index is 907. The zero-order valence-electron chi connectivity index (χ0n) is 10.6. The number of hydrogen-bond donors (Lipinski definition) is 0. The van der Waals surface area contributed by atoms with Crippen molar-refractivity contribution in [3.63, 3.8) is 0 Å². The molecule has 0 saturated heterocycles. The summed E-state index contributed by atoms with van der Waals surface area (Å²) in [6, 6.07) is 23.1. The number of benzene rings is 3. The molecular weight excluding hydrogens is 284 g/mol. The van der Waals surface area contributed by atoms with Crippen LogP contribution in [0.1, 0.15) is 0 Å². The van der Waals surface area contributed by atoms with Crippen LogP contribution in [-0.4, -0.2) is 0 Å². The highest BCUT2D eigenvalue weighted by Gasteiger charge is 2.11. The van der Waals surface area contributed by atoms with Gasteiger partial charge in [0.1, 0.15) is 0 Å². The van der Waals surface area contributed by atoms with E-state index in [0.717, 1.165) is 5.02 Å². The van der Waals surface area contributed by atoms with Gasteiger partial charge >= 0.3 is 0 Å². The van der Waals surface area contributed by atoms with Crippen molar-refractivity contribution in [2.75, 3.05) is 0 Å². The molecule has 2 heteroatoms. The lowest BCUT2D eigenvalue weighted by molar-refractivity contribution is 1.67. The van der Waals surface area contributed by atoms with Gasteiger partial charge in [0, 0.05) is 25.2 Å². The van der Waals surface area contributed by atoms with Crippen molar-refractivity contribution in [1.82, 2.24) is 0 Å². The van der Waals surface area contributed by atoms with Gasteiger partial charge in [-0.15, -0.1) is 11.3 Å². The Morgan fingerprint density at radius 2 is 1.50 bits per heavy atom. The third-order valence-electron chi connectivity index (χ3n) is 3.53. The molecule has 0 radical (unpaired) electrons. The van der Waals surface area contributed by atoms with Crippen LogP contribution in [0.4, 0.5) is 0 Å². The largest absolute Gasteiger partial charge is 0.135 e. The van der Waals surface area contributed by atoms with Crippen molar-refractivity contribution in [2.24, 2.45) is 0 Å². The number of thiophene rings is 1. The van der Waals surface area contributed by atoms with Crippen molar-refractivity contribution >= 4 is 43.1 Å². The summed E-state index contributed by atoms with van der Waals surface area (Å²) < 4.78 is 2.56. The van der Waals surface area contributed by atoms with Gasteiger partial charge in [0.15, 0.2) is 0 Å². The molecule has 4 aromatic rings. The van der Waals surface area contributed by atoms with E-state index in [2.05, 4.69) is 60.7 Å². The molecule has 0 amide bonds. The lowest BCUT2D eigenvalue weighted by Gasteiger charge is -2.05. The van der Waals surface area contributed by atoms with Gasteiger partial charge in [-0.3, -0.25) is 0 Å². The summed E-state index contributed by atoms with van der Waals surface area (Å²) >= 11 is 8.11. The van der Waals surface area contributed by atoms with E-state index in [1.54, 1.807) is 11.3 Å². The minimum absolute atomic E-state index is 0.794. The first-order valence-corrected chi connectivity index (χ1v) is 7.68. The van der Waals surface area contributed by atoms with E-state index in [1.165, 1.54) is 31.3 Å². The van der Waals surface area contributed by atoms with Crippen LogP contribution in [0.15, 0.2) is 66.7 Å². The zero-order valence-corrected chi connectivity index (χ0v) is 12.2. The molecule has 0 aliphatic rings. The van der Waals surface area contributed by atoms with Gasteiger partial charge in [0.25, 0.3) is 0 Å². The molecule has 0 unspecified atom stereocenters. The standard InChI is InChI=1S/C18H11ClS/c19-13-10-15(12-6-2-1-3-7-12)18-14-8-4-5-9-16(14)20-17(18)11-13/h1-11H. The topological polar surface area (TPSA) is 0 Å². The first-order chi connectivity index (χ1) is 9.83. The van der Waals surface area contributed by atoms with Crippen molar-refractivity contribution in [3.05, 3.63) is 71.8 Å². The van der Waals surface area contributed by atoms with Crippen molar-refractivity contribution in [3.8, 4) is 11.1 Å². The minimum atomic E-state index is 0.794. The fraction of sp³-hybridized carbons (Fsp3) is 0. The van der Waals surface area contributed by atoms with Crippen molar-refractivity contribution < 1.29 is 0 Å². The van der Waals surface area contributed by atoms with Gasteiger partial charge in [-0.2, -0.15) is 0 Å². The summed E-state index contributed by atoms with van der Waals surface area (Å²) in [4.78, 5) is 0. The van der Waals surface area contributed by atoms with E-state index in [0.29, 0.717) is 0 Å². The van der Waals surface area contributed by atoms with Gasteiger partial charge in [-0.25, -0.2) is 0 Å². The molecule has 96 valence electrons. The molecule has 3 aromatic carbocycles. The second-order valence-corrected chi connectivity index (χ2v) is 6.31. The maximum Gasteiger partial charge on any atom is 0.0426 e. The van der Waals surface area contributed by atoms with E-state index in [1.807, 2.05) is 6.07 Å². The van der Waals surface area contributed by atoms with Crippen LogP contribution in [0.2, 0.25) is 5.02 Å². The SMILES string of the molecule is Clc1cc(-c2ccccc2)c2c(c1)sc1ccccc12. The van der Waals surface area contributed by atoms with E-state index in [-0.39, 0.29) is 0 Å². The van der Waals surface area contributed by atoms with Crippen LogP contribution in [-0.2, 0) is 0 Å². The second kappa shape index (κ2) is 4.62. The summed E-state index contributed by atoms with van der Waals surface area (Å²) in [5, 5.41) is 3.41. The maximum absolute atomic E-state index is 6.31. The quantitative estimate of drug-likeness (QED) is 0.382. The van der Waals surface area contributed by atoms with Crippen LogP contribution < -0.4 is 0 Å². The summed E-state index contributed by atoms with van der Waals surface area (Å²) in [5.41, 5.74) is 2.43. The van der Waals surface area contributed by atoms with E-state index in [4.69, 9.17) is 11.6 Å². The molecule has 0 nitrogen and oxygen atoms in total. The second-order valence-electron chi connectivity index (χ2n) is 4.79. The van der Waals surface area contributed by atoms with E-state index in [9.17, 15) is 0 Å². The zero-order chi connectivity index (χ0) is 13.5. The third kappa shape index (κ3) is 1.82. The fourth-order valence-electron chi connectivity index (χ4n) is 2.67. The van der Waals surface area contributed by atoms with E-state index < -0.39 is 0 Å². The summed E-state index contributed by atoms with van der Waals surface area (Å²) in [6.07, 6.45) is 0. The molecule has 4 rings (SSSR count). The Balaban J connectivity index is 2.19. The van der Waals surface area contributed by atoms with Gasteiger partial charge in [0.2, 0.25) is 0 Å². The summed E-state index contributed by atoms with van der Waals surface area (Å²) in [5.74, 6) is 0. The Hall–Kier alpha value is -1.83. The first kappa shape index (κ1) is 12.0.